The van der Waals surface area contributed by atoms with Crippen molar-refractivity contribution in [3.8, 4) is 0 Å². The Morgan fingerprint density at radius 1 is 0.759 bits per heavy atom. The van der Waals surface area contributed by atoms with Crippen LogP contribution in [0.3, 0.4) is 0 Å². The molecule has 0 amide bonds. The van der Waals surface area contributed by atoms with E-state index in [1.54, 1.807) is 0 Å². The normalized spacial score (nSPS) is 29.2. The molecule has 0 aromatic rings. The van der Waals surface area contributed by atoms with Crippen LogP contribution in [0.25, 0.3) is 0 Å². The van der Waals surface area contributed by atoms with E-state index < -0.39 is 6.17 Å². The molecule has 2 unspecified atom stereocenters. The largest absolute Gasteiger partial charge is 0.378 e. The van der Waals surface area contributed by atoms with Crippen molar-refractivity contribution in [1.29, 1.82) is 0 Å². The molecular weight excluding hydrogens is 363 g/mol. The topological polar surface area (TPSA) is 15.7 Å². The molecule has 0 aliphatic carbocycles. The molecule has 0 saturated carbocycles. The molecule has 4 heteroatoms. The molecule has 172 valence electrons. The summed E-state index contributed by atoms with van der Waals surface area (Å²) < 4.78 is 18.1. The van der Waals surface area contributed by atoms with Crippen LogP contribution in [0.1, 0.15) is 88.0 Å². The fourth-order valence-electron chi connectivity index (χ4n) is 4.97. The van der Waals surface area contributed by atoms with Gasteiger partial charge < -0.3 is 4.74 Å². The van der Waals surface area contributed by atoms with Crippen molar-refractivity contribution in [2.45, 2.75) is 112 Å². The molecule has 3 rings (SSSR count). The van der Waals surface area contributed by atoms with Crippen molar-refractivity contribution in [3.05, 3.63) is 0 Å². The Kier molecular flexibility index (Phi) is 8.24. The van der Waals surface area contributed by atoms with Gasteiger partial charge in [-0.3, -0.25) is 9.80 Å². The van der Waals surface area contributed by atoms with Crippen LogP contribution >= 0.6 is 0 Å². The Labute approximate surface area is 180 Å². The van der Waals surface area contributed by atoms with Crippen LogP contribution in [0.5, 0.6) is 0 Å². The highest BCUT2D eigenvalue weighted by Crippen LogP contribution is 2.41. The molecule has 3 heterocycles. The summed E-state index contributed by atoms with van der Waals surface area (Å²) in [6.45, 7) is 25.9. The van der Waals surface area contributed by atoms with Crippen LogP contribution in [0.15, 0.2) is 0 Å². The first-order valence-electron chi connectivity index (χ1n) is 11.9. The fourth-order valence-corrected chi connectivity index (χ4v) is 4.97. The Bertz CT molecular complexity index is 490. The number of nitrogens with zero attached hydrogens (tertiary/aromatic N) is 2. The van der Waals surface area contributed by atoms with Gasteiger partial charge in [-0.15, -0.1) is 0 Å². The molecule has 3 nitrogen and oxygen atoms in total. The summed E-state index contributed by atoms with van der Waals surface area (Å²) in [5.41, 5.74) is 1.05. The number of rotatable bonds is 1. The molecule has 0 spiro atoms. The van der Waals surface area contributed by atoms with Crippen molar-refractivity contribution < 1.29 is 9.13 Å². The lowest BCUT2D eigenvalue weighted by Crippen LogP contribution is -2.61. The van der Waals surface area contributed by atoms with Gasteiger partial charge in [0.15, 0.2) is 0 Å². The fraction of sp³-hybridized carbons (Fsp3) is 1.00. The third kappa shape index (κ3) is 7.18. The van der Waals surface area contributed by atoms with E-state index in [2.05, 4.69) is 72.1 Å². The molecule has 3 saturated heterocycles. The molecule has 2 atom stereocenters. The van der Waals surface area contributed by atoms with Gasteiger partial charge in [0, 0.05) is 31.2 Å². The quantitative estimate of drug-likeness (QED) is 0.543. The predicted octanol–water partition coefficient (Wildman–Crippen LogP) is 5.78. The summed E-state index contributed by atoms with van der Waals surface area (Å²) in [4.78, 5) is 5.12. The second-order valence-corrected chi connectivity index (χ2v) is 12.7. The van der Waals surface area contributed by atoms with Gasteiger partial charge in [0.2, 0.25) is 0 Å². The highest BCUT2D eigenvalue weighted by Gasteiger charge is 2.43. The minimum absolute atomic E-state index is 0.222. The van der Waals surface area contributed by atoms with Gasteiger partial charge in [0.05, 0.1) is 19.3 Å². The van der Waals surface area contributed by atoms with Gasteiger partial charge in [-0.2, -0.15) is 0 Å². The zero-order valence-corrected chi connectivity index (χ0v) is 20.9. The molecule has 3 aliphatic rings. The first kappa shape index (κ1) is 25.1. The third-order valence-electron chi connectivity index (χ3n) is 7.31. The van der Waals surface area contributed by atoms with Crippen LogP contribution in [-0.4, -0.2) is 66.4 Å². The summed E-state index contributed by atoms with van der Waals surface area (Å²) in [7, 11) is 0. The third-order valence-corrected chi connectivity index (χ3v) is 7.31. The molecule has 0 aromatic carbocycles. The maximum absolute atomic E-state index is 12.7. The molecular formula is C25H49FN2O. The number of ether oxygens (including phenoxy) is 1. The second kappa shape index (κ2) is 9.53. The van der Waals surface area contributed by atoms with E-state index in [0.29, 0.717) is 16.9 Å². The van der Waals surface area contributed by atoms with Gasteiger partial charge in [-0.05, 0) is 63.2 Å². The summed E-state index contributed by atoms with van der Waals surface area (Å²) in [6.07, 6.45) is 3.63. The summed E-state index contributed by atoms with van der Waals surface area (Å²) >= 11 is 0. The molecule has 3 aliphatic heterocycles. The van der Waals surface area contributed by atoms with E-state index in [4.69, 9.17) is 4.74 Å². The zero-order valence-electron chi connectivity index (χ0n) is 20.9. The molecule has 0 aromatic heterocycles. The highest BCUT2D eigenvalue weighted by molar-refractivity contribution is 4.96. The Morgan fingerprint density at radius 2 is 1.31 bits per heavy atom. The van der Waals surface area contributed by atoms with E-state index in [9.17, 15) is 4.39 Å². The number of halogens is 1. The lowest BCUT2D eigenvalue weighted by molar-refractivity contribution is -0.120. The van der Waals surface area contributed by atoms with Gasteiger partial charge in [-0.25, -0.2) is 4.39 Å². The molecule has 0 radical (unpaired) electrons. The van der Waals surface area contributed by atoms with Gasteiger partial charge in [0.1, 0.15) is 6.17 Å². The van der Waals surface area contributed by atoms with Crippen molar-refractivity contribution in [2.24, 2.45) is 16.7 Å². The summed E-state index contributed by atoms with van der Waals surface area (Å²) in [5, 5.41) is 0. The van der Waals surface area contributed by atoms with Crippen molar-refractivity contribution in [2.75, 3.05) is 32.8 Å². The first-order chi connectivity index (χ1) is 13.2. The maximum Gasteiger partial charge on any atom is 0.103 e. The highest BCUT2D eigenvalue weighted by atomic mass is 19.1. The van der Waals surface area contributed by atoms with E-state index in [1.807, 2.05) is 0 Å². The van der Waals surface area contributed by atoms with Crippen LogP contribution in [0.2, 0.25) is 0 Å². The minimum Gasteiger partial charge on any atom is -0.378 e. The summed E-state index contributed by atoms with van der Waals surface area (Å²) in [6, 6.07) is 1.41. The first-order valence-corrected chi connectivity index (χ1v) is 11.9. The molecule has 29 heavy (non-hydrogen) atoms. The van der Waals surface area contributed by atoms with Crippen molar-refractivity contribution in [1.82, 2.24) is 9.80 Å². The summed E-state index contributed by atoms with van der Waals surface area (Å²) in [5.74, 6) is 0.830. The van der Waals surface area contributed by atoms with Crippen LogP contribution < -0.4 is 0 Å². The lowest BCUT2D eigenvalue weighted by Gasteiger charge is -2.53. The van der Waals surface area contributed by atoms with E-state index in [-0.39, 0.29) is 5.54 Å². The lowest BCUT2D eigenvalue weighted by atomic mass is 9.70. The standard InChI is InChI=1S/C16H31NO.C9H18FN/c1-15(2,3)12-7-8-14(16(4,5)6)17(9-12)13-10-18-11-13;1-9(2,3)11-6-4-8(10)5-7-11/h12-14H,7-11H2,1-6H3;8H,4-7H2,1-3H3. The molecule has 0 N–H and O–H groups in total. The SMILES string of the molecule is CC(C)(C)C1CCC(C(C)(C)C)N(C2COC2)C1.CC(C)(C)N1CCC(F)CC1. The molecule has 0 bridgehead atoms. The smallest absolute Gasteiger partial charge is 0.103 e. The van der Waals surface area contributed by atoms with Gasteiger partial charge in [-0.1, -0.05) is 41.5 Å². The molecule has 3 fully saturated rings. The number of hydrogen-bond acceptors (Lipinski definition) is 3. The number of likely N-dealkylation sites (tertiary alicyclic amines) is 2. The number of piperidine rings is 2. The van der Waals surface area contributed by atoms with E-state index in [0.717, 1.165) is 51.1 Å². The maximum atomic E-state index is 12.7. The van der Waals surface area contributed by atoms with Gasteiger partial charge in [0.25, 0.3) is 0 Å². The van der Waals surface area contributed by atoms with Crippen LogP contribution in [0.4, 0.5) is 4.39 Å². The Balaban J connectivity index is 0.000000234. The monoisotopic (exact) mass is 412 g/mol. The van der Waals surface area contributed by atoms with Crippen molar-refractivity contribution in [3.63, 3.8) is 0 Å². The Hall–Kier alpha value is -0.190. The van der Waals surface area contributed by atoms with E-state index >= 15 is 0 Å². The van der Waals surface area contributed by atoms with Crippen molar-refractivity contribution >= 4 is 0 Å². The van der Waals surface area contributed by atoms with Crippen LogP contribution in [0, 0.1) is 16.7 Å². The number of hydrogen-bond donors (Lipinski definition) is 0. The number of alkyl halides is 1. The average molecular weight is 413 g/mol. The Morgan fingerprint density at radius 3 is 1.69 bits per heavy atom. The minimum atomic E-state index is -0.548. The predicted molar refractivity (Wildman–Crippen MR) is 122 cm³/mol. The zero-order chi connectivity index (χ0) is 22.0. The second-order valence-electron chi connectivity index (χ2n) is 12.7. The average Bonchev–Trinajstić information content (AvgIpc) is 2.51. The van der Waals surface area contributed by atoms with Crippen LogP contribution in [-0.2, 0) is 4.74 Å². The van der Waals surface area contributed by atoms with Gasteiger partial charge >= 0.3 is 0 Å². The van der Waals surface area contributed by atoms with E-state index in [1.165, 1.54) is 19.4 Å².